The van der Waals surface area contributed by atoms with Gasteiger partial charge in [0.25, 0.3) is 0 Å². The molecular weight excluding hydrogens is 221 g/mol. The van der Waals surface area contributed by atoms with E-state index in [0.29, 0.717) is 13.2 Å². The average Bonchev–Trinajstić information content (AvgIpc) is 2.68. The molecule has 2 N–H and O–H groups in total. The molecule has 0 aliphatic heterocycles. The van der Waals surface area contributed by atoms with E-state index in [1.54, 1.807) is 19.2 Å². The van der Waals surface area contributed by atoms with Gasteiger partial charge in [0, 0.05) is 13.7 Å². The number of aliphatic hydroxyl groups is 1. The van der Waals surface area contributed by atoms with E-state index in [-0.39, 0.29) is 12.4 Å². The summed E-state index contributed by atoms with van der Waals surface area (Å²) in [5.41, 5.74) is 1.57. The molecular formula is C13H18FNO2. The quantitative estimate of drug-likeness (QED) is 0.759. The minimum Gasteiger partial charge on any atom is -0.394 e. The molecule has 0 heterocycles. The number of halogens is 1. The minimum absolute atomic E-state index is 0.0232. The Bertz CT molecular complexity index is 397. The number of methoxy groups -OCH3 is 1. The summed E-state index contributed by atoms with van der Waals surface area (Å²) in [5, 5.41) is 13.0. The summed E-state index contributed by atoms with van der Waals surface area (Å²) in [6, 6.07) is 4.78. The maximum atomic E-state index is 13.1. The van der Waals surface area contributed by atoms with Gasteiger partial charge in [0.15, 0.2) is 0 Å². The maximum absolute atomic E-state index is 13.1. The first-order chi connectivity index (χ1) is 8.22. The van der Waals surface area contributed by atoms with Crippen LogP contribution in [-0.4, -0.2) is 32.0 Å². The first-order valence-electron chi connectivity index (χ1n) is 5.85. The third-order valence-electron chi connectivity index (χ3n) is 3.44. The average molecular weight is 239 g/mol. The van der Waals surface area contributed by atoms with Gasteiger partial charge >= 0.3 is 0 Å². The largest absolute Gasteiger partial charge is 0.394 e. The van der Waals surface area contributed by atoms with Crippen molar-refractivity contribution in [2.24, 2.45) is 0 Å². The second kappa shape index (κ2) is 5.12. The van der Waals surface area contributed by atoms with Crippen molar-refractivity contribution in [3.05, 3.63) is 35.1 Å². The third kappa shape index (κ3) is 2.34. The number of rotatable bonds is 5. The zero-order valence-corrected chi connectivity index (χ0v) is 10.0. The van der Waals surface area contributed by atoms with Crippen LogP contribution in [0, 0.1) is 5.82 Å². The third-order valence-corrected chi connectivity index (χ3v) is 3.44. The summed E-state index contributed by atoms with van der Waals surface area (Å²) in [7, 11) is 1.64. The second-order valence-electron chi connectivity index (χ2n) is 4.46. The lowest BCUT2D eigenvalue weighted by molar-refractivity contribution is 0.137. The minimum atomic E-state index is -0.429. The lowest BCUT2D eigenvalue weighted by Gasteiger charge is -2.29. The molecule has 1 aromatic rings. The molecule has 94 valence electrons. The Balaban J connectivity index is 2.21. The number of benzene rings is 1. The summed E-state index contributed by atoms with van der Waals surface area (Å²) in [5.74, 6) is -0.214. The number of aryl methyl sites for hydroxylation is 1. The lowest BCUT2D eigenvalue weighted by atomic mass is 9.92. The molecule has 1 aliphatic carbocycles. The van der Waals surface area contributed by atoms with Crippen molar-refractivity contribution in [3.8, 4) is 0 Å². The van der Waals surface area contributed by atoms with E-state index in [9.17, 15) is 9.50 Å². The second-order valence-corrected chi connectivity index (χ2v) is 4.46. The van der Waals surface area contributed by atoms with Crippen molar-refractivity contribution in [1.82, 2.24) is 5.32 Å². The molecule has 0 radical (unpaired) electrons. The molecule has 0 saturated carbocycles. The van der Waals surface area contributed by atoms with Crippen LogP contribution in [0.1, 0.15) is 17.5 Å². The van der Waals surface area contributed by atoms with E-state index < -0.39 is 5.54 Å². The molecule has 1 atom stereocenters. The van der Waals surface area contributed by atoms with E-state index in [2.05, 4.69) is 5.32 Å². The summed E-state index contributed by atoms with van der Waals surface area (Å²) in [6.45, 7) is 1.29. The first kappa shape index (κ1) is 12.5. The Hall–Kier alpha value is -0.970. The number of nitrogens with one attached hydrogen (secondary N) is 1. The van der Waals surface area contributed by atoms with Crippen LogP contribution in [0.5, 0.6) is 0 Å². The Labute approximate surface area is 101 Å². The van der Waals surface area contributed by atoms with Crippen molar-refractivity contribution in [2.45, 2.75) is 18.4 Å². The molecule has 1 aromatic carbocycles. The molecule has 0 spiro atoms. The molecule has 17 heavy (non-hydrogen) atoms. The number of hydrogen-bond acceptors (Lipinski definition) is 3. The molecule has 0 fully saturated rings. The topological polar surface area (TPSA) is 41.5 Å². The first-order valence-corrected chi connectivity index (χ1v) is 5.85. The Morgan fingerprint density at radius 2 is 2.35 bits per heavy atom. The van der Waals surface area contributed by atoms with Crippen molar-refractivity contribution in [1.29, 1.82) is 0 Å². The Morgan fingerprint density at radius 1 is 1.53 bits per heavy atom. The van der Waals surface area contributed by atoms with Crippen LogP contribution in [0.15, 0.2) is 18.2 Å². The molecule has 1 aliphatic rings. The number of hydrogen-bond donors (Lipinski definition) is 2. The highest BCUT2D eigenvalue weighted by atomic mass is 19.1. The van der Waals surface area contributed by atoms with Gasteiger partial charge in [-0.25, -0.2) is 4.39 Å². The predicted octanol–water partition coefficient (Wildman–Crippen LogP) is 1.20. The molecule has 0 saturated heterocycles. The van der Waals surface area contributed by atoms with Gasteiger partial charge in [0.1, 0.15) is 5.82 Å². The fraction of sp³-hybridized carbons (Fsp3) is 0.538. The number of ether oxygens (including phenoxy) is 1. The normalized spacial score (nSPS) is 22.8. The highest BCUT2D eigenvalue weighted by Crippen LogP contribution is 2.36. The number of fused-ring (bicyclic) bond motifs is 1. The summed E-state index contributed by atoms with van der Waals surface area (Å²) in [6.07, 6.45) is 1.60. The van der Waals surface area contributed by atoms with Crippen molar-refractivity contribution in [2.75, 3.05) is 26.9 Å². The SMILES string of the molecule is COCCNC1(CO)CCc2cc(F)ccc21. The molecule has 0 aromatic heterocycles. The molecule has 3 nitrogen and oxygen atoms in total. The van der Waals surface area contributed by atoms with Gasteiger partial charge in [0.2, 0.25) is 0 Å². The van der Waals surface area contributed by atoms with Crippen LogP contribution in [0.3, 0.4) is 0 Å². The number of aliphatic hydroxyl groups excluding tert-OH is 1. The van der Waals surface area contributed by atoms with Gasteiger partial charge in [-0.15, -0.1) is 0 Å². The fourth-order valence-electron chi connectivity index (χ4n) is 2.51. The van der Waals surface area contributed by atoms with E-state index >= 15 is 0 Å². The predicted molar refractivity (Wildman–Crippen MR) is 63.4 cm³/mol. The van der Waals surface area contributed by atoms with Crippen LogP contribution in [-0.2, 0) is 16.7 Å². The summed E-state index contributed by atoms with van der Waals surface area (Å²) in [4.78, 5) is 0. The zero-order chi connectivity index (χ0) is 12.3. The standard InChI is InChI=1S/C13H18FNO2/c1-17-7-6-15-13(9-16)5-4-10-8-11(14)2-3-12(10)13/h2-3,8,15-16H,4-7,9H2,1H3. The van der Waals surface area contributed by atoms with Gasteiger partial charge in [-0.3, -0.25) is 0 Å². The smallest absolute Gasteiger partial charge is 0.123 e. The maximum Gasteiger partial charge on any atom is 0.123 e. The van der Waals surface area contributed by atoms with E-state index in [4.69, 9.17) is 4.74 Å². The van der Waals surface area contributed by atoms with Gasteiger partial charge in [-0.1, -0.05) is 6.07 Å². The van der Waals surface area contributed by atoms with E-state index in [1.807, 2.05) is 0 Å². The van der Waals surface area contributed by atoms with Gasteiger partial charge in [0.05, 0.1) is 18.8 Å². The van der Waals surface area contributed by atoms with Gasteiger partial charge in [-0.05, 0) is 36.1 Å². The van der Waals surface area contributed by atoms with Crippen molar-refractivity contribution < 1.29 is 14.2 Å². The molecule has 1 unspecified atom stereocenters. The molecule has 2 rings (SSSR count). The molecule has 0 bridgehead atoms. The molecule has 4 heteroatoms. The van der Waals surface area contributed by atoms with Crippen LogP contribution in [0.2, 0.25) is 0 Å². The molecule has 0 amide bonds. The van der Waals surface area contributed by atoms with Crippen molar-refractivity contribution in [3.63, 3.8) is 0 Å². The summed E-state index contributed by atoms with van der Waals surface area (Å²) < 4.78 is 18.1. The Morgan fingerprint density at radius 3 is 3.06 bits per heavy atom. The Kier molecular flexibility index (Phi) is 3.76. The zero-order valence-electron chi connectivity index (χ0n) is 10.0. The van der Waals surface area contributed by atoms with Crippen LogP contribution in [0.25, 0.3) is 0 Å². The van der Waals surface area contributed by atoms with E-state index in [0.717, 1.165) is 24.0 Å². The van der Waals surface area contributed by atoms with Crippen molar-refractivity contribution >= 4 is 0 Å². The fourth-order valence-corrected chi connectivity index (χ4v) is 2.51. The van der Waals surface area contributed by atoms with Crippen LogP contribution >= 0.6 is 0 Å². The van der Waals surface area contributed by atoms with Gasteiger partial charge < -0.3 is 15.2 Å². The van der Waals surface area contributed by atoms with E-state index in [1.165, 1.54) is 6.07 Å². The lowest BCUT2D eigenvalue weighted by Crippen LogP contribution is -2.45. The highest BCUT2D eigenvalue weighted by molar-refractivity contribution is 5.39. The monoisotopic (exact) mass is 239 g/mol. The summed E-state index contributed by atoms with van der Waals surface area (Å²) >= 11 is 0. The highest BCUT2D eigenvalue weighted by Gasteiger charge is 2.37. The van der Waals surface area contributed by atoms with Crippen LogP contribution < -0.4 is 5.32 Å². The van der Waals surface area contributed by atoms with Gasteiger partial charge in [-0.2, -0.15) is 0 Å². The van der Waals surface area contributed by atoms with Crippen LogP contribution in [0.4, 0.5) is 4.39 Å².